The minimum atomic E-state index is -0.521. The molecule has 0 saturated carbocycles. The van der Waals surface area contributed by atoms with Gasteiger partial charge in [0.15, 0.2) is 0 Å². The van der Waals surface area contributed by atoms with Crippen LogP contribution in [-0.2, 0) is 9.53 Å². The number of nitrogens with zero attached hydrogens (tertiary/aromatic N) is 2. The maximum absolute atomic E-state index is 11.5. The van der Waals surface area contributed by atoms with Gasteiger partial charge in [0.25, 0.3) is 0 Å². The molecule has 0 aliphatic carbocycles. The molecular weight excluding hydrogens is 192 g/mol. The first kappa shape index (κ1) is 13.8. The second kappa shape index (κ2) is 6.36. The summed E-state index contributed by atoms with van der Waals surface area (Å²) in [6.07, 6.45) is 0.235. The van der Waals surface area contributed by atoms with Crippen molar-refractivity contribution >= 4 is 11.7 Å². The van der Waals surface area contributed by atoms with Crippen molar-refractivity contribution in [2.24, 2.45) is 11.8 Å². The van der Waals surface area contributed by atoms with Gasteiger partial charge < -0.3 is 10.3 Å². The fourth-order valence-electron chi connectivity index (χ4n) is 1.49. The maximum atomic E-state index is 11.5. The first-order chi connectivity index (χ1) is 6.93. The zero-order valence-electron chi connectivity index (χ0n) is 10.2. The number of carbonyl (C=O) groups is 1. The van der Waals surface area contributed by atoms with Gasteiger partial charge in [-0.2, -0.15) is 4.79 Å². The van der Waals surface area contributed by atoms with E-state index >= 15 is 0 Å². The zero-order chi connectivity index (χ0) is 12.0. The number of esters is 1. The molecule has 0 aromatic carbocycles. The fourth-order valence-corrected chi connectivity index (χ4v) is 1.49. The standard InChI is InChI=1S/C11H20N2O2/c1-6-9(13-12)11(14)15-10(7(2)3)8(4)5/h7-8,10H,6H2,1-5H3. The van der Waals surface area contributed by atoms with Crippen LogP contribution in [-0.4, -0.2) is 22.6 Å². The molecule has 0 heterocycles. The Morgan fingerprint density at radius 3 is 2.00 bits per heavy atom. The first-order valence-electron chi connectivity index (χ1n) is 5.35. The van der Waals surface area contributed by atoms with E-state index in [0.29, 0.717) is 6.42 Å². The van der Waals surface area contributed by atoms with E-state index in [1.54, 1.807) is 6.92 Å². The van der Waals surface area contributed by atoms with Crippen LogP contribution in [0.1, 0.15) is 41.0 Å². The maximum Gasteiger partial charge on any atom is 0.417 e. The summed E-state index contributed by atoms with van der Waals surface area (Å²) in [6.45, 7) is 9.74. The summed E-state index contributed by atoms with van der Waals surface area (Å²) in [4.78, 5) is 14.4. The lowest BCUT2D eigenvalue weighted by molar-refractivity contribution is -0.150. The molecule has 0 aromatic rings. The predicted molar refractivity (Wildman–Crippen MR) is 58.5 cm³/mol. The highest BCUT2D eigenvalue weighted by Gasteiger charge is 2.27. The molecule has 0 amide bonds. The van der Waals surface area contributed by atoms with Gasteiger partial charge in [0.2, 0.25) is 0 Å². The number of hydrogen-bond donors (Lipinski definition) is 0. The van der Waals surface area contributed by atoms with Crippen molar-refractivity contribution in [1.82, 2.24) is 0 Å². The molecular formula is C11H20N2O2. The molecule has 0 bridgehead atoms. The summed E-state index contributed by atoms with van der Waals surface area (Å²) >= 11 is 0. The van der Waals surface area contributed by atoms with Crippen LogP contribution in [0.15, 0.2) is 0 Å². The highest BCUT2D eigenvalue weighted by molar-refractivity contribution is 6.33. The van der Waals surface area contributed by atoms with Gasteiger partial charge in [-0.25, -0.2) is 4.79 Å². The van der Waals surface area contributed by atoms with Crippen LogP contribution in [0, 0.1) is 11.8 Å². The Morgan fingerprint density at radius 2 is 1.73 bits per heavy atom. The smallest absolute Gasteiger partial charge is 0.417 e. The lowest BCUT2D eigenvalue weighted by Gasteiger charge is -2.23. The molecule has 0 N–H and O–H groups in total. The van der Waals surface area contributed by atoms with E-state index in [0.717, 1.165) is 0 Å². The first-order valence-corrected chi connectivity index (χ1v) is 5.35. The average molecular weight is 212 g/mol. The van der Waals surface area contributed by atoms with Crippen molar-refractivity contribution in [3.05, 3.63) is 5.53 Å². The minimum Gasteiger partial charge on any atom is -0.453 e. The van der Waals surface area contributed by atoms with Crippen molar-refractivity contribution < 1.29 is 14.3 Å². The zero-order valence-corrected chi connectivity index (χ0v) is 10.2. The van der Waals surface area contributed by atoms with Gasteiger partial charge in [0.05, 0.1) is 6.42 Å². The summed E-state index contributed by atoms with van der Waals surface area (Å²) in [7, 11) is 0. The van der Waals surface area contributed by atoms with Crippen molar-refractivity contribution in [1.29, 1.82) is 0 Å². The second-order valence-electron chi connectivity index (χ2n) is 4.26. The summed E-state index contributed by atoms with van der Waals surface area (Å²) < 4.78 is 5.29. The van der Waals surface area contributed by atoms with Crippen LogP contribution in [0.2, 0.25) is 0 Å². The van der Waals surface area contributed by atoms with Gasteiger partial charge in [-0.15, -0.1) is 0 Å². The van der Waals surface area contributed by atoms with E-state index in [1.807, 2.05) is 27.7 Å². The van der Waals surface area contributed by atoms with E-state index in [-0.39, 0.29) is 23.7 Å². The van der Waals surface area contributed by atoms with E-state index < -0.39 is 5.97 Å². The third kappa shape index (κ3) is 4.26. The molecule has 15 heavy (non-hydrogen) atoms. The normalized spacial score (nSPS) is 10.7. The van der Waals surface area contributed by atoms with Crippen LogP contribution in [0.4, 0.5) is 0 Å². The molecule has 4 nitrogen and oxygen atoms in total. The predicted octanol–water partition coefficient (Wildman–Crippen LogP) is 2.29. The molecule has 0 radical (unpaired) electrons. The number of rotatable bonds is 5. The van der Waals surface area contributed by atoms with E-state index in [1.165, 1.54) is 0 Å². The van der Waals surface area contributed by atoms with E-state index in [4.69, 9.17) is 10.3 Å². The molecule has 0 aliphatic heterocycles. The Morgan fingerprint density at radius 1 is 1.27 bits per heavy atom. The Kier molecular flexibility index (Phi) is 5.87. The SMILES string of the molecule is CCC(=[N+]=[N-])C(=O)OC(C(C)C)C(C)C. The number of ether oxygens (including phenoxy) is 1. The molecule has 86 valence electrons. The van der Waals surface area contributed by atoms with Crippen molar-refractivity contribution in [2.45, 2.75) is 47.1 Å². The molecule has 0 aromatic heterocycles. The molecule has 0 rings (SSSR count). The molecule has 0 unspecified atom stereocenters. The van der Waals surface area contributed by atoms with Crippen LogP contribution in [0.5, 0.6) is 0 Å². The molecule has 0 fully saturated rings. The monoisotopic (exact) mass is 212 g/mol. The second-order valence-corrected chi connectivity index (χ2v) is 4.26. The van der Waals surface area contributed by atoms with Crippen LogP contribution in [0.25, 0.3) is 5.53 Å². The largest absolute Gasteiger partial charge is 0.453 e. The molecule has 0 aliphatic rings. The fraction of sp³-hybridized carbons (Fsp3) is 0.818. The van der Waals surface area contributed by atoms with Crippen LogP contribution < -0.4 is 0 Å². The molecule has 0 saturated heterocycles. The summed E-state index contributed by atoms with van der Waals surface area (Å²) in [5, 5.41) is 0. The van der Waals surface area contributed by atoms with Gasteiger partial charge in [0, 0.05) is 0 Å². The van der Waals surface area contributed by atoms with Gasteiger partial charge in [-0.1, -0.05) is 34.6 Å². The number of hydrogen-bond acceptors (Lipinski definition) is 2. The van der Waals surface area contributed by atoms with Gasteiger partial charge in [-0.05, 0) is 11.8 Å². The lowest BCUT2D eigenvalue weighted by atomic mass is 9.96. The van der Waals surface area contributed by atoms with Crippen molar-refractivity contribution in [3.8, 4) is 0 Å². The third-order valence-corrected chi connectivity index (χ3v) is 2.25. The highest BCUT2D eigenvalue weighted by atomic mass is 16.5. The van der Waals surface area contributed by atoms with Crippen molar-refractivity contribution in [3.63, 3.8) is 0 Å². The van der Waals surface area contributed by atoms with Crippen molar-refractivity contribution in [2.75, 3.05) is 0 Å². The quantitative estimate of drug-likeness (QED) is 0.304. The van der Waals surface area contributed by atoms with Crippen LogP contribution >= 0.6 is 0 Å². The Hall–Kier alpha value is -1.15. The minimum absolute atomic E-state index is 0.0706. The Balaban J connectivity index is 4.56. The number of carbonyl (C=O) groups excluding carboxylic acids is 1. The lowest BCUT2D eigenvalue weighted by Crippen LogP contribution is -2.32. The van der Waals surface area contributed by atoms with E-state index in [9.17, 15) is 4.79 Å². The summed E-state index contributed by atoms with van der Waals surface area (Å²) in [6, 6.07) is 0. The third-order valence-electron chi connectivity index (χ3n) is 2.25. The Bertz CT molecular complexity index is 258. The molecule has 0 atom stereocenters. The average Bonchev–Trinajstić information content (AvgIpc) is 2.15. The Labute approximate surface area is 91.2 Å². The summed E-state index contributed by atoms with van der Waals surface area (Å²) in [5.74, 6) is -0.0103. The summed E-state index contributed by atoms with van der Waals surface area (Å²) in [5.41, 5.74) is 8.64. The van der Waals surface area contributed by atoms with Gasteiger partial charge >= 0.3 is 11.7 Å². The molecule has 0 spiro atoms. The topological polar surface area (TPSA) is 62.7 Å². The van der Waals surface area contributed by atoms with Gasteiger partial charge in [0.1, 0.15) is 6.10 Å². The molecule has 4 heteroatoms. The van der Waals surface area contributed by atoms with E-state index in [2.05, 4.69) is 4.79 Å². The highest BCUT2D eigenvalue weighted by Crippen LogP contribution is 2.16. The van der Waals surface area contributed by atoms with Gasteiger partial charge in [-0.3, -0.25) is 0 Å². The van der Waals surface area contributed by atoms with Crippen LogP contribution in [0.3, 0.4) is 0 Å².